The zero-order chi connectivity index (χ0) is 33.6. The number of rotatable bonds is 10. The number of benzene rings is 1. The zero-order valence-electron chi connectivity index (χ0n) is 24.4. The molecular formula is C29H26ClFN9O5S2+. The van der Waals surface area contributed by atoms with Crippen molar-refractivity contribution in [3.8, 4) is 0 Å². The van der Waals surface area contributed by atoms with E-state index in [-0.39, 0.29) is 51.2 Å². The van der Waals surface area contributed by atoms with Crippen molar-refractivity contribution in [3.05, 3.63) is 87.2 Å². The van der Waals surface area contributed by atoms with Crippen molar-refractivity contribution < 1.29 is 33.3 Å². The molecule has 1 fully saturated rings. The van der Waals surface area contributed by atoms with Crippen LogP contribution in [0.2, 0.25) is 4.34 Å². The van der Waals surface area contributed by atoms with Crippen LogP contribution in [0.4, 0.5) is 9.52 Å². The number of carboxylic acid groups (broad SMARTS) is 1. The summed E-state index contributed by atoms with van der Waals surface area (Å²) < 4.78 is 18.5. The van der Waals surface area contributed by atoms with E-state index in [9.17, 15) is 23.9 Å². The van der Waals surface area contributed by atoms with Crippen molar-refractivity contribution in [1.29, 1.82) is 5.41 Å². The first-order chi connectivity index (χ1) is 22.5. The Hall–Kier alpha value is -5.00. The van der Waals surface area contributed by atoms with Gasteiger partial charge in [0.25, 0.3) is 11.8 Å². The SMILES string of the molecule is CON=C(C(=O)N[C@@H]1C(=O)N2C(C(=O)O)=C(C[n+]3ccc4ccn(Cc5ccc(C(=N)N)cc5F)c4c3)CS[C@H]12)c1nc(N)sc1Cl. The molecule has 242 valence electrons. The Morgan fingerprint density at radius 3 is 2.79 bits per heavy atom. The summed E-state index contributed by atoms with van der Waals surface area (Å²) in [6.07, 6.45) is 5.45. The predicted octanol–water partition coefficient (Wildman–Crippen LogP) is 1.88. The number of carbonyl (C=O) groups is 3. The Balaban J connectivity index is 1.21. The molecule has 2 atom stereocenters. The molecule has 0 unspecified atom stereocenters. The van der Waals surface area contributed by atoms with Crippen LogP contribution in [0.15, 0.2) is 65.3 Å². The van der Waals surface area contributed by atoms with Crippen LogP contribution in [0, 0.1) is 11.2 Å². The number of nitrogen functional groups attached to an aromatic ring is 2. The van der Waals surface area contributed by atoms with E-state index in [2.05, 4.69) is 15.5 Å². The zero-order valence-corrected chi connectivity index (χ0v) is 26.8. The molecule has 14 nitrogen and oxygen atoms in total. The van der Waals surface area contributed by atoms with Crippen LogP contribution in [0.25, 0.3) is 10.9 Å². The summed E-state index contributed by atoms with van der Waals surface area (Å²) in [5.74, 6) is -3.09. The van der Waals surface area contributed by atoms with Crippen LogP contribution in [0.5, 0.6) is 0 Å². The van der Waals surface area contributed by atoms with Crippen molar-refractivity contribution >= 4 is 80.1 Å². The lowest BCUT2D eigenvalue weighted by Gasteiger charge is -2.49. The van der Waals surface area contributed by atoms with E-state index >= 15 is 0 Å². The minimum absolute atomic E-state index is 0.00184. The summed E-state index contributed by atoms with van der Waals surface area (Å²) >= 11 is 8.41. The summed E-state index contributed by atoms with van der Waals surface area (Å²) in [5.41, 5.74) is 12.7. The molecular weight excluding hydrogens is 673 g/mol. The highest BCUT2D eigenvalue weighted by molar-refractivity contribution is 8.00. The number of halogens is 2. The number of nitrogens with two attached hydrogens (primary N) is 2. The fraction of sp³-hybridized carbons (Fsp3) is 0.207. The maximum atomic E-state index is 14.8. The first kappa shape index (κ1) is 32.0. The van der Waals surface area contributed by atoms with Crippen LogP contribution >= 0.6 is 34.7 Å². The molecule has 1 aromatic carbocycles. The molecule has 5 heterocycles. The molecule has 6 rings (SSSR count). The number of amidine groups is 1. The molecule has 0 radical (unpaired) electrons. The van der Waals surface area contributed by atoms with Gasteiger partial charge in [-0.1, -0.05) is 40.2 Å². The van der Waals surface area contributed by atoms with E-state index in [1.807, 2.05) is 29.1 Å². The maximum absolute atomic E-state index is 14.8. The van der Waals surface area contributed by atoms with Gasteiger partial charge < -0.3 is 31.3 Å². The topological polar surface area (TPSA) is 206 Å². The highest BCUT2D eigenvalue weighted by Gasteiger charge is 2.55. The first-order valence-corrected chi connectivity index (χ1v) is 16.1. The highest BCUT2D eigenvalue weighted by Crippen LogP contribution is 2.40. The van der Waals surface area contributed by atoms with E-state index in [4.69, 9.17) is 33.3 Å². The molecule has 0 saturated carbocycles. The Labute approximate surface area is 278 Å². The quantitative estimate of drug-likeness (QED) is 0.0538. The average molecular weight is 699 g/mol. The second kappa shape index (κ2) is 12.7. The molecule has 2 amide bonds. The van der Waals surface area contributed by atoms with Gasteiger partial charge in [0.15, 0.2) is 29.8 Å². The lowest BCUT2D eigenvalue weighted by atomic mass is 10.0. The van der Waals surface area contributed by atoms with Crippen molar-refractivity contribution in [3.63, 3.8) is 0 Å². The average Bonchev–Trinajstić information content (AvgIpc) is 3.59. The number of thioether (sulfide) groups is 1. The van der Waals surface area contributed by atoms with Crippen LogP contribution in [-0.2, 0) is 32.3 Å². The number of hydrogen-bond donors (Lipinski definition) is 5. The molecule has 18 heteroatoms. The monoisotopic (exact) mass is 698 g/mol. The number of amides is 2. The van der Waals surface area contributed by atoms with Gasteiger partial charge in [-0.15, -0.1) is 11.8 Å². The van der Waals surface area contributed by atoms with E-state index in [0.29, 0.717) is 16.7 Å². The Kier molecular flexibility index (Phi) is 8.61. The van der Waals surface area contributed by atoms with Crippen LogP contribution in [0.1, 0.15) is 16.8 Å². The Morgan fingerprint density at radius 1 is 1.34 bits per heavy atom. The van der Waals surface area contributed by atoms with E-state index < -0.39 is 35.0 Å². The molecule has 3 aromatic heterocycles. The predicted molar refractivity (Wildman–Crippen MR) is 173 cm³/mol. The number of carboxylic acids is 1. The number of thiazole rings is 1. The molecule has 7 N–H and O–H groups in total. The largest absolute Gasteiger partial charge is 0.477 e. The van der Waals surface area contributed by atoms with Crippen LogP contribution < -0.4 is 21.4 Å². The van der Waals surface area contributed by atoms with Gasteiger partial charge in [-0.3, -0.25) is 19.9 Å². The number of β-lactam (4-membered cyclic amide) rings is 1. The summed E-state index contributed by atoms with van der Waals surface area (Å²) in [5, 5.41) is 24.3. The minimum Gasteiger partial charge on any atom is -0.477 e. The van der Waals surface area contributed by atoms with Gasteiger partial charge in [-0.25, -0.2) is 14.2 Å². The number of oxime groups is 1. The molecule has 0 bridgehead atoms. The van der Waals surface area contributed by atoms with Crippen molar-refractivity contribution in [1.82, 2.24) is 19.8 Å². The summed E-state index contributed by atoms with van der Waals surface area (Å²) in [6, 6.07) is 7.12. The van der Waals surface area contributed by atoms with Gasteiger partial charge in [0, 0.05) is 40.1 Å². The number of carbonyl (C=O) groups excluding carboxylic acids is 2. The second-order valence-corrected chi connectivity index (χ2v) is 13.3. The lowest BCUT2D eigenvalue weighted by Crippen LogP contribution is -2.71. The standard InChI is InChI=1S/C29H25ClFN9O5S2/c1-45-37-20(19-23(30)47-29(34)36-19)25(41)35-21-26(42)40-22(28(43)44)16(12-46-27(21)40)9-38-6-4-13-5-7-39(18(13)11-38)10-15-3-2-14(24(32)33)8-17(15)31/h2-8,11,21,27H,9-10,12H2,1H3,(H6-,32,33,34,35,36,41,43,44)/p+1/t21-,27-/m1/s1. The second-order valence-electron chi connectivity index (χ2n) is 10.5. The van der Waals surface area contributed by atoms with E-state index in [1.54, 1.807) is 22.9 Å². The lowest BCUT2D eigenvalue weighted by molar-refractivity contribution is -0.687. The Morgan fingerprint density at radius 2 is 2.13 bits per heavy atom. The third-order valence-corrected chi connectivity index (χ3v) is 10.0. The molecule has 2 aliphatic heterocycles. The van der Waals surface area contributed by atoms with Crippen LogP contribution in [-0.4, -0.2) is 73.2 Å². The number of anilines is 1. The third kappa shape index (κ3) is 5.99. The molecule has 0 aliphatic carbocycles. The molecule has 1 saturated heterocycles. The molecule has 2 aliphatic rings. The maximum Gasteiger partial charge on any atom is 0.352 e. The van der Waals surface area contributed by atoms with E-state index in [0.717, 1.165) is 22.2 Å². The number of nitrogens with zero attached hydrogens (tertiary/aromatic N) is 5. The van der Waals surface area contributed by atoms with E-state index in [1.165, 1.54) is 29.8 Å². The van der Waals surface area contributed by atoms with Gasteiger partial charge in [0.2, 0.25) is 0 Å². The van der Waals surface area contributed by atoms with Gasteiger partial charge in [-0.05, 0) is 12.1 Å². The highest BCUT2D eigenvalue weighted by atomic mass is 35.5. The summed E-state index contributed by atoms with van der Waals surface area (Å²) in [7, 11) is 1.23. The molecule has 0 spiro atoms. The van der Waals surface area contributed by atoms with Gasteiger partial charge in [-0.2, -0.15) is 4.57 Å². The number of fused-ring (bicyclic) bond motifs is 2. The normalized spacial score (nSPS) is 17.8. The number of pyridine rings is 1. The van der Waals surface area contributed by atoms with Crippen molar-refractivity contribution in [2.75, 3.05) is 18.6 Å². The number of nitrogens with one attached hydrogen (secondary N) is 2. The molecule has 47 heavy (non-hydrogen) atoms. The van der Waals surface area contributed by atoms with Gasteiger partial charge in [0.05, 0.1) is 6.54 Å². The van der Waals surface area contributed by atoms with Gasteiger partial charge in [0.1, 0.15) is 51.4 Å². The van der Waals surface area contributed by atoms with Gasteiger partial charge >= 0.3 is 5.97 Å². The smallest absolute Gasteiger partial charge is 0.352 e. The summed E-state index contributed by atoms with van der Waals surface area (Å²) in [4.78, 5) is 48.9. The fourth-order valence-corrected chi connectivity index (χ4v) is 7.68. The minimum atomic E-state index is -1.27. The van der Waals surface area contributed by atoms with Crippen molar-refractivity contribution in [2.24, 2.45) is 10.9 Å². The Bertz CT molecular complexity index is 2040. The number of hydrogen-bond acceptors (Lipinski definition) is 10. The van der Waals surface area contributed by atoms with Crippen LogP contribution in [0.3, 0.4) is 0 Å². The number of aliphatic carboxylic acids is 1. The summed E-state index contributed by atoms with van der Waals surface area (Å²) in [6.45, 7) is 0.381. The third-order valence-electron chi connectivity index (χ3n) is 7.61. The van der Waals surface area contributed by atoms with Crippen molar-refractivity contribution in [2.45, 2.75) is 24.5 Å². The fourth-order valence-electron chi connectivity index (χ4n) is 5.41. The number of aromatic nitrogens is 3. The first-order valence-electron chi connectivity index (χ1n) is 13.8. The molecule has 4 aromatic rings.